The number of carbonyl (C=O) groups is 1. The van der Waals surface area contributed by atoms with Gasteiger partial charge in [0.25, 0.3) is 0 Å². The normalized spacial score (nSPS) is 11.1. The molecule has 0 aliphatic heterocycles. The van der Waals surface area contributed by atoms with Crippen LogP contribution in [0.15, 0.2) is 12.7 Å². The van der Waals surface area contributed by atoms with E-state index in [2.05, 4.69) is 11.3 Å². The van der Waals surface area contributed by atoms with Crippen LogP contribution >= 0.6 is 0 Å². The number of unbranched alkanes of at least 4 members (excludes halogenated alkanes) is 1. The van der Waals surface area contributed by atoms with Gasteiger partial charge < -0.3 is 5.11 Å². The van der Waals surface area contributed by atoms with Crippen LogP contribution in [0.5, 0.6) is 0 Å². The van der Waals surface area contributed by atoms with Crippen molar-refractivity contribution in [3.8, 4) is 0 Å². The van der Waals surface area contributed by atoms with Crippen molar-refractivity contribution in [2.24, 2.45) is 0 Å². The predicted octanol–water partition coefficient (Wildman–Crippen LogP) is 0.347. The number of hydrogen-bond donors (Lipinski definition) is 2. The van der Waals surface area contributed by atoms with Crippen molar-refractivity contribution in [1.82, 2.24) is 4.72 Å². The number of aliphatic carboxylic acids is 1. The Balaban J connectivity index is 3.54. The highest BCUT2D eigenvalue weighted by atomic mass is 32.2. The molecule has 0 saturated heterocycles. The maximum Gasteiger partial charge on any atom is 0.303 e. The summed E-state index contributed by atoms with van der Waals surface area (Å²) in [6.07, 6.45) is 2.39. The highest BCUT2D eigenvalue weighted by molar-refractivity contribution is 7.89. The number of hydrogen-bond acceptors (Lipinski definition) is 3. The number of rotatable bonds is 8. The van der Waals surface area contributed by atoms with E-state index in [1.165, 1.54) is 6.08 Å². The van der Waals surface area contributed by atoms with Gasteiger partial charge in [-0.3, -0.25) is 4.79 Å². The first kappa shape index (κ1) is 13.1. The lowest BCUT2D eigenvalue weighted by Crippen LogP contribution is -2.26. The molecule has 0 rings (SSSR count). The standard InChI is InChI=1S/C8H15NO4S/c1-2-7-14(12,13)9-6-4-3-5-8(10)11/h2,9H,1,3-7H2,(H,10,11). The zero-order chi connectivity index (χ0) is 11.0. The average Bonchev–Trinajstić information content (AvgIpc) is 2.02. The minimum atomic E-state index is -3.25. The van der Waals surface area contributed by atoms with Crippen molar-refractivity contribution in [2.75, 3.05) is 12.3 Å². The number of carboxylic acid groups (broad SMARTS) is 1. The van der Waals surface area contributed by atoms with E-state index in [-0.39, 0.29) is 18.7 Å². The van der Waals surface area contributed by atoms with Gasteiger partial charge in [0.2, 0.25) is 10.0 Å². The summed E-state index contributed by atoms with van der Waals surface area (Å²) in [5.41, 5.74) is 0. The first-order chi connectivity index (χ1) is 6.48. The molecule has 0 bridgehead atoms. The lowest BCUT2D eigenvalue weighted by Gasteiger charge is -2.02. The summed E-state index contributed by atoms with van der Waals surface area (Å²) in [5, 5.41) is 8.30. The van der Waals surface area contributed by atoms with Crippen molar-refractivity contribution >= 4 is 16.0 Å². The van der Waals surface area contributed by atoms with Crippen molar-refractivity contribution in [2.45, 2.75) is 19.3 Å². The zero-order valence-corrected chi connectivity index (χ0v) is 8.72. The molecule has 0 aromatic heterocycles. The smallest absolute Gasteiger partial charge is 0.303 e. The summed E-state index contributed by atoms with van der Waals surface area (Å²) in [6.45, 7) is 3.60. The van der Waals surface area contributed by atoms with Crippen LogP contribution in [0.3, 0.4) is 0 Å². The lowest BCUT2D eigenvalue weighted by molar-refractivity contribution is -0.137. The Hall–Kier alpha value is -0.880. The topological polar surface area (TPSA) is 83.5 Å². The van der Waals surface area contributed by atoms with Crippen LogP contribution in [-0.4, -0.2) is 31.8 Å². The van der Waals surface area contributed by atoms with Crippen LogP contribution in [-0.2, 0) is 14.8 Å². The minimum Gasteiger partial charge on any atom is -0.481 e. The van der Waals surface area contributed by atoms with E-state index in [1.54, 1.807) is 0 Å². The molecule has 6 heteroatoms. The van der Waals surface area contributed by atoms with E-state index in [9.17, 15) is 13.2 Å². The van der Waals surface area contributed by atoms with E-state index >= 15 is 0 Å². The maximum absolute atomic E-state index is 11.0. The molecule has 0 radical (unpaired) electrons. The molecule has 0 aromatic rings. The third-order valence-corrected chi connectivity index (χ3v) is 2.80. The fourth-order valence-corrected chi connectivity index (χ4v) is 1.73. The molecular weight excluding hydrogens is 206 g/mol. The summed E-state index contributed by atoms with van der Waals surface area (Å²) >= 11 is 0. The second kappa shape index (κ2) is 6.56. The van der Waals surface area contributed by atoms with Crippen molar-refractivity contribution < 1.29 is 18.3 Å². The molecule has 0 unspecified atom stereocenters. The molecule has 0 saturated carbocycles. The van der Waals surface area contributed by atoms with Crippen LogP contribution in [0.25, 0.3) is 0 Å². The summed E-state index contributed by atoms with van der Waals surface area (Å²) in [5.74, 6) is -0.967. The monoisotopic (exact) mass is 221 g/mol. The van der Waals surface area contributed by atoms with E-state index in [4.69, 9.17) is 5.11 Å². The van der Waals surface area contributed by atoms with Gasteiger partial charge in [0.15, 0.2) is 0 Å². The van der Waals surface area contributed by atoms with Crippen LogP contribution in [0.1, 0.15) is 19.3 Å². The third kappa shape index (κ3) is 7.75. The number of sulfonamides is 1. The van der Waals surface area contributed by atoms with Crippen LogP contribution in [0.2, 0.25) is 0 Å². The largest absolute Gasteiger partial charge is 0.481 e. The SMILES string of the molecule is C=CCS(=O)(=O)NCCCCC(=O)O. The van der Waals surface area contributed by atoms with E-state index < -0.39 is 16.0 Å². The zero-order valence-electron chi connectivity index (χ0n) is 7.90. The first-order valence-corrected chi connectivity index (χ1v) is 5.93. The van der Waals surface area contributed by atoms with Gasteiger partial charge in [-0.1, -0.05) is 6.08 Å². The highest BCUT2D eigenvalue weighted by Gasteiger charge is 2.05. The lowest BCUT2D eigenvalue weighted by atomic mass is 10.2. The van der Waals surface area contributed by atoms with Gasteiger partial charge in [-0.2, -0.15) is 0 Å². The van der Waals surface area contributed by atoms with Crippen molar-refractivity contribution in [3.05, 3.63) is 12.7 Å². The Labute approximate surface area is 83.9 Å². The van der Waals surface area contributed by atoms with Crippen LogP contribution in [0, 0.1) is 0 Å². The van der Waals surface area contributed by atoms with Gasteiger partial charge in [-0.15, -0.1) is 6.58 Å². The minimum absolute atomic E-state index is 0.0726. The Morgan fingerprint density at radius 3 is 2.57 bits per heavy atom. The molecule has 0 aromatic carbocycles. The average molecular weight is 221 g/mol. The van der Waals surface area contributed by atoms with Gasteiger partial charge in [-0.25, -0.2) is 13.1 Å². The summed E-state index contributed by atoms with van der Waals surface area (Å²) in [4.78, 5) is 10.1. The fourth-order valence-electron chi connectivity index (χ4n) is 0.843. The summed E-state index contributed by atoms with van der Waals surface area (Å²) in [6, 6.07) is 0. The molecule has 0 atom stereocenters. The van der Waals surface area contributed by atoms with Crippen molar-refractivity contribution in [3.63, 3.8) is 0 Å². The van der Waals surface area contributed by atoms with Crippen LogP contribution < -0.4 is 4.72 Å². The fraction of sp³-hybridized carbons (Fsp3) is 0.625. The van der Waals surface area contributed by atoms with E-state index in [1.807, 2.05) is 0 Å². The van der Waals surface area contributed by atoms with Gasteiger partial charge >= 0.3 is 5.97 Å². The summed E-state index contributed by atoms with van der Waals surface area (Å²) < 4.78 is 24.4. The maximum atomic E-state index is 11.0. The molecule has 5 nitrogen and oxygen atoms in total. The molecule has 0 aliphatic rings. The van der Waals surface area contributed by atoms with Gasteiger partial charge in [-0.05, 0) is 12.8 Å². The Kier molecular flexibility index (Phi) is 6.14. The second-order valence-electron chi connectivity index (χ2n) is 2.82. The van der Waals surface area contributed by atoms with E-state index in [0.717, 1.165) is 0 Å². The van der Waals surface area contributed by atoms with Gasteiger partial charge in [0.05, 0.1) is 5.75 Å². The molecule has 0 aliphatic carbocycles. The number of carboxylic acids is 1. The second-order valence-corrected chi connectivity index (χ2v) is 4.67. The van der Waals surface area contributed by atoms with E-state index in [0.29, 0.717) is 12.8 Å². The predicted molar refractivity (Wildman–Crippen MR) is 53.5 cm³/mol. The Morgan fingerprint density at radius 2 is 2.07 bits per heavy atom. The van der Waals surface area contributed by atoms with Crippen molar-refractivity contribution in [1.29, 1.82) is 0 Å². The Bertz CT molecular complexity index is 284. The molecule has 0 heterocycles. The molecule has 14 heavy (non-hydrogen) atoms. The molecule has 2 N–H and O–H groups in total. The highest BCUT2D eigenvalue weighted by Crippen LogP contribution is 1.94. The van der Waals surface area contributed by atoms with Gasteiger partial charge in [0.1, 0.15) is 0 Å². The molecule has 0 spiro atoms. The van der Waals surface area contributed by atoms with Gasteiger partial charge in [0, 0.05) is 13.0 Å². The molecular formula is C8H15NO4S. The number of nitrogens with one attached hydrogen (secondary N) is 1. The molecule has 0 amide bonds. The van der Waals surface area contributed by atoms with Crippen LogP contribution in [0.4, 0.5) is 0 Å². The summed E-state index contributed by atoms with van der Waals surface area (Å²) in [7, 11) is -3.25. The third-order valence-electron chi connectivity index (χ3n) is 1.48. The Morgan fingerprint density at radius 1 is 1.43 bits per heavy atom. The first-order valence-electron chi connectivity index (χ1n) is 4.28. The molecule has 82 valence electrons. The molecule has 0 fully saturated rings. The quantitative estimate of drug-likeness (QED) is 0.457.